The molecule has 14 heavy (non-hydrogen) atoms. The van der Waals surface area contributed by atoms with Crippen molar-refractivity contribution >= 4 is 5.78 Å². The minimum Gasteiger partial charge on any atom is -0.342 e. The summed E-state index contributed by atoms with van der Waals surface area (Å²) in [6.45, 7) is 2.52. The lowest BCUT2D eigenvalue weighted by Gasteiger charge is -2.07. The summed E-state index contributed by atoms with van der Waals surface area (Å²) in [6.07, 6.45) is 6.72. The van der Waals surface area contributed by atoms with Gasteiger partial charge >= 0.3 is 0 Å². The number of aromatic nitrogens is 1. The van der Waals surface area contributed by atoms with Crippen LogP contribution in [0.3, 0.4) is 0 Å². The molecule has 2 nitrogen and oxygen atoms in total. The van der Waals surface area contributed by atoms with E-state index in [1.165, 1.54) is 5.56 Å². The monoisotopic (exact) mass is 187 g/mol. The van der Waals surface area contributed by atoms with E-state index in [1.54, 1.807) is 0 Å². The van der Waals surface area contributed by atoms with Crippen molar-refractivity contribution in [3.63, 3.8) is 0 Å². The van der Waals surface area contributed by atoms with Gasteiger partial charge in [-0.3, -0.25) is 4.79 Å². The summed E-state index contributed by atoms with van der Waals surface area (Å²) >= 11 is 0. The molecule has 0 aliphatic heterocycles. The summed E-state index contributed by atoms with van der Waals surface area (Å²) in [5, 5.41) is 0. The van der Waals surface area contributed by atoms with Crippen LogP contribution in [0.4, 0.5) is 0 Å². The molecule has 2 heteroatoms. The van der Waals surface area contributed by atoms with Gasteiger partial charge in [0.1, 0.15) is 0 Å². The fraction of sp³-hybridized carbons (Fsp3) is 0.417. The first kappa shape index (κ1) is 9.08. The zero-order valence-electron chi connectivity index (χ0n) is 8.34. The molecule has 0 spiro atoms. The Morgan fingerprint density at radius 3 is 3.00 bits per heavy atom. The van der Waals surface area contributed by atoms with Crippen LogP contribution in [0, 0.1) is 11.8 Å². The van der Waals surface area contributed by atoms with Gasteiger partial charge in [-0.25, -0.2) is 0 Å². The van der Waals surface area contributed by atoms with Crippen LogP contribution in [0.1, 0.15) is 35.7 Å². The highest BCUT2D eigenvalue weighted by molar-refractivity contribution is 5.98. The molecule has 1 heterocycles. The zero-order valence-corrected chi connectivity index (χ0v) is 8.34. The Bertz CT molecular complexity index is 417. The average Bonchev–Trinajstić information content (AvgIpc) is 2.59. The minimum atomic E-state index is 0.287. The second-order valence-electron chi connectivity index (χ2n) is 3.57. The Labute approximate surface area is 83.9 Å². The number of hydrogen-bond acceptors (Lipinski definition) is 1. The Morgan fingerprint density at radius 1 is 1.43 bits per heavy atom. The van der Waals surface area contributed by atoms with Crippen molar-refractivity contribution < 1.29 is 4.79 Å². The van der Waals surface area contributed by atoms with Gasteiger partial charge in [0.15, 0.2) is 5.78 Å². The summed E-state index contributed by atoms with van der Waals surface area (Å²) in [7, 11) is 0. The summed E-state index contributed by atoms with van der Waals surface area (Å²) in [5.41, 5.74) is 2.10. The number of carbonyl (C=O) groups excluding carboxylic acids is 1. The number of hydrogen-bond donors (Lipinski definition) is 0. The van der Waals surface area contributed by atoms with Crippen LogP contribution >= 0.6 is 0 Å². The number of Topliss-reactive ketones (excluding diaryl/α,β-unsaturated/α-hetero) is 1. The molecule has 0 N–H and O–H groups in total. The van der Waals surface area contributed by atoms with E-state index in [2.05, 4.69) is 18.0 Å². The smallest absolute Gasteiger partial charge is 0.164 e. The van der Waals surface area contributed by atoms with Crippen LogP contribution in [-0.4, -0.2) is 10.4 Å². The molecular weight excluding hydrogens is 174 g/mol. The highest BCUT2D eigenvalue weighted by atomic mass is 16.1. The third kappa shape index (κ3) is 1.58. The number of ketones is 1. The first-order chi connectivity index (χ1) is 6.81. The third-order valence-corrected chi connectivity index (χ3v) is 2.55. The third-order valence-electron chi connectivity index (χ3n) is 2.55. The van der Waals surface area contributed by atoms with Gasteiger partial charge in [-0.05, 0) is 25.3 Å². The largest absolute Gasteiger partial charge is 0.342 e. The summed E-state index contributed by atoms with van der Waals surface area (Å²) < 4.78 is 2.00. The van der Waals surface area contributed by atoms with Gasteiger partial charge in [-0.1, -0.05) is 5.92 Å². The molecule has 0 bridgehead atoms. The number of rotatable bonds is 1. The van der Waals surface area contributed by atoms with E-state index >= 15 is 0 Å². The summed E-state index contributed by atoms with van der Waals surface area (Å²) in [6, 6.07) is 0. The quantitative estimate of drug-likeness (QED) is 0.616. The van der Waals surface area contributed by atoms with Gasteiger partial charge < -0.3 is 4.57 Å². The summed E-state index contributed by atoms with van der Waals surface area (Å²) in [4.78, 5) is 11.5. The molecular formula is C12H13NO. The van der Waals surface area contributed by atoms with Crippen molar-refractivity contribution in [1.82, 2.24) is 4.57 Å². The first-order valence-electron chi connectivity index (χ1n) is 4.92. The second kappa shape index (κ2) is 3.71. The Morgan fingerprint density at radius 2 is 2.29 bits per heavy atom. The van der Waals surface area contributed by atoms with Crippen LogP contribution in [-0.2, 0) is 13.0 Å². The number of carbonyl (C=O) groups is 1. The molecule has 72 valence electrons. The van der Waals surface area contributed by atoms with Crippen molar-refractivity contribution in [3.8, 4) is 11.8 Å². The molecule has 0 saturated carbocycles. The van der Waals surface area contributed by atoms with Gasteiger partial charge in [-0.2, -0.15) is 0 Å². The fourth-order valence-electron chi connectivity index (χ4n) is 1.84. The van der Waals surface area contributed by atoms with Crippen LogP contribution in [0.25, 0.3) is 0 Å². The van der Waals surface area contributed by atoms with Gasteiger partial charge in [0, 0.05) is 24.4 Å². The highest BCUT2D eigenvalue weighted by Crippen LogP contribution is 2.21. The van der Waals surface area contributed by atoms with Crippen molar-refractivity contribution in [1.29, 1.82) is 0 Å². The number of aryl methyl sites for hydroxylation is 1. The normalized spacial score (nSPS) is 14.5. The molecule has 0 fully saturated rings. The maximum absolute atomic E-state index is 11.5. The first-order valence-corrected chi connectivity index (χ1v) is 4.92. The molecule has 1 aliphatic rings. The van der Waals surface area contributed by atoms with Crippen molar-refractivity contribution in [3.05, 3.63) is 23.5 Å². The standard InChI is InChI=1S/C12H13NO/c1-2-3-7-13-8-10-5-4-6-12(14)11(10)9-13/h8-9H,4-7H2,1H3. The molecule has 1 aliphatic carbocycles. The number of nitrogens with zero attached hydrogens (tertiary/aromatic N) is 1. The van der Waals surface area contributed by atoms with E-state index in [1.807, 2.05) is 17.7 Å². The minimum absolute atomic E-state index is 0.287. The molecule has 0 aromatic carbocycles. The van der Waals surface area contributed by atoms with E-state index in [0.29, 0.717) is 13.0 Å². The maximum atomic E-state index is 11.5. The lowest BCUT2D eigenvalue weighted by molar-refractivity contribution is 0.0973. The van der Waals surface area contributed by atoms with E-state index in [9.17, 15) is 4.79 Å². The SMILES string of the molecule is CC#CCn1cc2c(c1)C(=O)CCC2. The predicted octanol–water partition coefficient (Wildman–Crippen LogP) is 2.03. The highest BCUT2D eigenvalue weighted by Gasteiger charge is 2.18. The molecule has 0 unspecified atom stereocenters. The lowest BCUT2D eigenvalue weighted by atomic mass is 9.95. The van der Waals surface area contributed by atoms with Crippen molar-refractivity contribution in [2.75, 3.05) is 0 Å². The van der Waals surface area contributed by atoms with Gasteiger partial charge in [-0.15, -0.1) is 5.92 Å². The Balaban J connectivity index is 2.28. The predicted molar refractivity (Wildman–Crippen MR) is 55.2 cm³/mol. The van der Waals surface area contributed by atoms with Gasteiger partial charge in [0.25, 0.3) is 0 Å². The lowest BCUT2D eigenvalue weighted by Crippen LogP contribution is -2.07. The topological polar surface area (TPSA) is 22.0 Å². The van der Waals surface area contributed by atoms with Gasteiger partial charge in [0.2, 0.25) is 0 Å². The van der Waals surface area contributed by atoms with E-state index in [4.69, 9.17) is 0 Å². The fourth-order valence-corrected chi connectivity index (χ4v) is 1.84. The van der Waals surface area contributed by atoms with Gasteiger partial charge in [0.05, 0.1) is 6.54 Å². The van der Waals surface area contributed by atoms with Crippen LogP contribution < -0.4 is 0 Å². The molecule has 1 aromatic rings. The van der Waals surface area contributed by atoms with Crippen molar-refractivity contribution in [2.45, 2.75) is 32.7 Å². The van der Waals surface area contributed by atoms with E-state index in [-0.39, 0.29) is 5.78 Å². The molecule has 0 amide bonds. The van der Waals surface area contributed by atoms with Crippen LogP contribution in [0.2, 0.25) is 0 Å². The zero-order chi connectivity index (χ0) is 9.97. The molecule has 2 rings (SSSR count). The molecule has 0 atom stereocenters. The van der Waals surface area contributed by atoms with Crippen molar-refractivity contribution in [2.24, 2.45) is 0 Å². The summed E-state index contributed by atoms with van der Waals surface area (Å²) in [5.74, 6) is 6.13. The Kier molecular flexibility index (Phi) is 2.41. The molecule has 0 saturated heterocycles. The number of fused-ring (bicyclic) bond motifs is 1. The molecule has 1 aromatic heterocycles. The molecule has 0 radical (unpaired) electrons. The average molecular weight is 187 g/mol. The van der Waals surface area contributed by atoms with E-state index < -0.39 is 0 Å². The second-order valence-corrected chi connectivity index (χ2v) is 3.57. The maximum Gasteiger partial charge on any atom is 0.164 e. The Hall–Kier alpha value is -1.49. The van der Waals surface area contributed by atoms with E-state index in [0.717, 1.165) is 18.4 Å². The van der Waals surface area contributed by atoms with Crippen LogP contribution in [0.15, 0.2) is 12.4 Å². The van der Waals surface area contributed by atoms with Crippen LogP contribution in [0.5, 0.6) is 0 Å².